The van der Waals surface area contributed by atoms with Crippen molar-refractivity contribution in [1.82, 2.24) is 0 Å². The number of carbonyl (C=O) groups is 1. The summed E-state index contributed by atoms with van der Waals surface area (Å²) in [6.07, 6.45) is 4.92. The van der Waals surface area contributed by atoms with Crippen LogP contribution < -0.4 is 5.73 Å². The van der Waals surface area contributed by atoms with Crippen LogP contribution in [0.25, 0.3) is 0 Å². The first-order valence-corrected chi connectivity index (χ1v) is 3.11. The lowest BCUT2D eigenvalue weighted by Gasteiger charge is -1.97. The van der Waals surface area contributed by atoms with Crippen LogP contribution in [0.2, 0.25) is 0 Å². The summed E-state index contributed by atoms with van der Waals surface area (Å²) in [5, 5.41) is 0. The Morgan fingerprint density at radius 3 is 2.64 bits per heavy atom. The molecule has 1 aromatic carbocycles. The van der Waals surface area contributed by atoms with Crippen molar-refractivity contribution in [3.63, 3.8) is 0 Å². The lowest BCUT2D eigenvalue weighted by Crippen LogP contribution is -1.99. The summed E-state index contributed by atoms with van der Waals surface area (Å²) in [5.74, 6) is 1.63. The van der Waals surface area contributed by atoms with Crippen molar-refractivity contribution in [2.24, 2.45) is 0 Å². The zero-order valence-electron chi connectivity index (χ0n) is 5.87. The maximum absolute atomic E-state index is 10.9. The fourth-order valence-electron chi connectivity index (χ4n) is 0.782. The van der Waals surface area contributed by atoms with E-state index in [1.54, 1.807) is 24.3 Å². The first-order chi connectivity index (χ1) is 5.25. The second-order valence-electron chi connectivity index (χ2n) is 2.06. The molecule has 0 radical (unpaired) electrons. The molecule has 0 heterocycles. The molecule has 1 rings (SSSR count). The van der Waals surface area contributed by atoms with Gasteiger partial charge in [0.1, 0.15) is 0 Å². The molecule has 0 saturated heterocycles. The highest BCUT2D eigenvalue weighted by Gasteiger charge is 2.03. The molecule has 0 aliphatic heterocycles. The normalized spacial score (nSPS) is 8.64. The zero-order chi connectivity index (χ0) is 8.27. The van der Waals surface area contributed by atoms with Crippen LogP contribution in [0.5, 0.6) is 0 Å². The fraction of sp³-hybridized carbons (Fsp3) is 0. The smallest absolute Gasteiger partial charge is 0.237 e. The Morgan fingerprint density at radius 2 is 2.09 bits per heavy atom. The van der Waals surface area contributed by atoms with Gasteiger partial charge in [0.05, 0.1) is 5.56 Å². The molecular weight excluding hydrogens is 138 g/mol. The third-order valence-electron chi connectivity index (χ3n) is 1.34. The number of ketones is 1. The molecule has 54 valence electrons. The van der Waals surface area contributed by atoms with Crippen LogP contribution in [0, 0.1) is 12.3 Å². The second-order valence-corrected chi connectivity index (χ2v) is 2.06. The Hall–Kier alpha value is -1.75. The summed E-state index contributed by atoms with van der Waals surface area (Å²) < 4.78 is 0. The van der Waals surface area contributed by atoms with Crippen LogP contribution in [-0.4, -0.2) is 5.78 Å². The van der Waals surface area contributed by atoms with Gasteiger partial charge >= 0.3 is 0 Å². The minimum absolute atomic E-state index is 0.372. The van der Waals surface area contributed by atoms with Crippen LogP contribution in [-0.2, 0) is 0 Å². The molecular formula is C9H7NO. The van der Waals surface area contributed by atoms with Gasteiger partial charge in [-0.1, -0.05) is 12.1 Å². The molecule has 0 aliphatic carbocycles. The van der Waals surface area contributed by atoms with Gasteiger partial charge in [-0.05, 0) is 18.1 Å². The standard InChI is InChI=1S/C9H7NO/c1-2-9(11)7-5-3-4-6-8(7)10/h1,3-6H,10H2. The minimum Gasteiger partial charge on any atom is -0.398 e. The number of carbonyl (C=O) groups excluding carboxylic acids is 1. The predicted octanol–water partition coefficient (Wildman–Crippen LogP) is 1.08. The zero-order valence-corrected chi connectivity index (χ0v) is 5.87. The molecule has 0 unspecified atom stereocenters. The first-order valence-electron chi connectivity index (χ1n) is 3.11. The van der Waals surface area contributed by atoms with E-state index < -0.39 is 0 Å². The number of nitrogens with two attached hydrogens (primary N) is 1. The largest absolute Gasteiger partial charge is 0.398 e. The van der Waals surface area contributed by atoms with Crippen molar-refractivity contribution in [2.45, 2.75) is 0 Å². The molecule has 2 heteroatoms. The van der Waals surface area contributed by atoms with E-state index >= 15 is 0 Å². The molecule has 0 amide bonds. The van der Waals surface area contributed by atoms with Crippen LogP contribution in [0.4, 0.5) is 5.69 Å². The van der Waals surface area contributed by atoms with Gasteiger partial charge in [-0.25, -0.2) is 0 Å². The van der Waals surface area contributed by atoms with E-state index in [0.29, 0.717) is 11.3 Å². The molecule has 0 aromatic heterocycles. The summed E-state index contributed by atoms with van der Waals surface area (Å²) in [6.45, 7) is 0. The highest BCUT2D eigenvalue weighted by Crippen LogP contribution is 2.09. The van der Waals surface area contributed by atoms with Crippen molar-refractivity contribution in [3.8, 4) is 12.3 Å². The molecule has 1 aromatic rings. The number of para-hydroxylation sites is 1. The average molecular weight is 145 g/mol. The van der Waals surface area contributed by atoms with E-state index in [1.807, 2.05) is 5.92 Å². The van der Waals surface area contributed by atoms with E-state index in [0.717, 1.165) is 0 Å². The van der Waals surface area contributed by atoms with Crippen LogP contribution in [0.1, 0.15) is 10.4 Å². The predicted molar refractivity (Wildman–Crippen MR) is 44.0 cm³/mol. The number of anilines is 1. The Kier molecular flexibility index (Phi) is 1.93. The topological polar surface area (TPSA) is 43.1 Å². The third-order valence-corrected chi connectivity index (χ3v) is 1.34. The van der Waals surface area contributed by atoms with Crippen molar-refractivity contribution in [2.75, 3.05) is 5.73 Å². The summed E-state index contributed by atoms with van der Waals surface area (Å²) >= 11 is 0. The maximum atomic E-state index is 10.9. The molecule has 0 bridgehead atoms. The molecule has 2 N–H and O–H groups in total. The maximum Gasteiger partial charge on any atom is 0.237 e. The third kappa shape index (κ3) is 1.39. The van der Waals surface area contributed by atoms with E-state index in [9.17, 15) is 4.79 Å². The molecule has 2 nitrogen and oxygen atoms in total. The van der Waals surface area contributed by atoms with Crippen molar-refractivity contribution < 1.29 is 4.79 Å². The number of benzene rings is 1. The van der Waals surface area contributed by atoms with Crippen LogP contribution >= 0.6 is 0 Å². The minimum atomic E-state index is -0.372. The Labute approximate surface area is 65.0 Å². The van der Waals surface area contributed by atoms with E-state index in [4.69, 9.17) is 12.2 Å². The Bertz CT molecular complexity index is 323. The van der Waals surface area contributed by atoms with Crippen LogP contribution in [0.3, 0.4) is 0 Å². The highest BCUT2D eigenvalue weighted by molar-refractivity contribution is 6.11. The quantitative estimate of drug-likeness (QED) is 0.278. The number of Topliss-reactive ketones (excluding diaryl/α,β-unsaturated/α-hetero) is 1. The summed E-state index contributed by atoms with van der Waals surface area (Å²) in [5.41, 5.74) is 6.31. The number of rotatable bonds is 1. The van der Waals surface area contributed by atoms with Gasteiger partial charge in [0, 0.05) is 5.69 Å². The van der Waals surface area contributed by atoms with Gasteiger partial charge in [0.15, 0.2) is 0 Å². The molecule has 0 saturated carbocycles. The Morgan fingerprint density at radius 1 is 1.45 bits per heavy atom. The highest BCUT2D eigenvalue weighted by atomic mass is 16.1. The number of hydrogen-bond acceptors (Lipinski definition) is 2. The van der Waals surface area contributed by atoms with Gasteiger partial charge < -0.3 is 5.73 Å². The molecule has 0 atom stereocenters. The van der Waals surface area contributed by atoms with E-state index in [1.165, 1.54) is 0 Å². The van der Waals surface area contributed by atoms with Gasteiger partial charge in [0.2, 0.25) is 5.78 Å². The monoisotopic (exact) mass is 145 g/mol. The SMILES string of the molecule is C#CC(=O)c1ccccc1N. The first kappa shape index (κ1) is 7.36. The van der Waals surface area contributed by atoms with E-state index in [-0.39, 0.29) is 5.78 Å². The molecule has 0 aliphatic rings. The number of nitrogen functional groups attached to an aromatic ring is 1. The summed E-state index contributed by atoms with van der Waals surface area (Å²) in [4.78, 5) is 10.9. The van der Waals surface area contributed by atoms with Gasteiger partial charge in [0.25, 0.3) is 0 Å². The van der Waals surface area contributed by atoms with Gasteiger partial charge in [-0.3, -0.25) is 4.79 Å². The van der Waals surface area contributed by atoms with Crippen molar-refractivity contribution in [3.05, 3.63) is 29.8 Å². The molecule has 0 fully saturated rings. The Balaban J connectivity index is 3.16. The number of hydrogen-bond donors (Lipinski definition) is 1. The number of terminal acetylenes is 1. The lowest BCUT2D eigenvalue weighted by atomic mass is 10.1. The molecule has 11 heavy (non-hydrogen) atoms. The van der Waals surface area contributed by atoms with Gasteiger partial charge in [-0.2, -0.15) is 0 Å². The average Bonchev–Trinajstić information content (AvgIpc) is 2.04. The van der Waals surface area contributed by atoms with Crippen molar-refractivity contribution >= 4 is 11.5 Å². The fourth-order valence-corrected chi connectivity index (χ4v) is 0.782. The van der Waals surface area contributed by atoms with Crippen LogP contribution in [0.15, 0.2) is 24.3 Å². The van der Waals surface area contributed by atoms with E-state index in [2.05, 4.69) is 0 Å². The summed E-state index contributed by atoms with van der Waals surface area (Å²) in [6, 6.07) is 6.73. The lowest BCUT2D eigenvalue weighted by molar-refractivity contribution is 0.105. The van der Waals surface area contributed by atoms with Gasteiger partial charge in [-0.15, -0.1) is 6.42 Å². The van der Waals surface area contributed by atoms with Crippen molar-refractivity contribution in [1.29, 1.82) is 0 Å². The molecule has 0 spiro atoms. The second kappa shape index (κ2) is 2.89. The summed E-state index contributed by atoms with van der Waals surface area (Å²) in [7, 11) is 0.